The number of hydrogen-bond donors (Lipinski definition) is 2. The molecule has 0 aromatic heterocycles. The highest BCUT2D eigenvalue weighted by Crippen LogP contribution is 2.40. The SMILES string of the molecule is OCOc1cc(-c2ccccc2)c(OCO)cc1-c1ccccc1. The van der Waals surface area contributed by atoms with E-state index in [1.165, 1.54) is 0 Å². The van der Waals surface area contributed by atoms with Crippen LogP contribution in [0.1, 0.15) is 0 Å². The molecule has 0 aliphatic carbocycles. The maximum absolute atomic E-state index is 9.23. The van der Waals surface area contributed by atoms with E-state index in [1.54, 1.807) is 0 Å². The molecule has 0 saturated carbocycles. The normalized spacial score (nSPS) is 10.4. The summed E-state index contributed by atoms with van der Waals surface area (Å²) in [6.45, 7) is -0.845. The fraction of sp³-hybridized carbons (Fsp3) is 0.100. The Balaban J connectivity index is 2.19. The van der Waals surface area contributed by atoms with Gasteiger partial charge in [0.25, 0.3) is 0 Å². The van der Waals surface area contributed by atoms with E-state index in [1.807, 2.05) is 72.8 Å². The van der Waals surface area contributed by atoms with E-state index in [0.29, 0.717) is 11.5 Å². The van der Waals surface area contributed by atoms with Crippen molar-refractivity contribution < 1.29 is 19.7 Å². The van der Waals surface area contributed by atoms with Crippen molar-refractivity contribution in [1.29, 1.82) is 0 Å². The van der Waals surface area contributed by atoms with Gasteiger partial charge in [0, 0.05) is 11.1 Å². The molecule has 0 aliphatic rings. The number of aliphatic hydroxyl groups excluding tert-OH is 2. The lowest BCUT2D eigenvalue weighted by Crippen LogP contribution is -2.01. The van der Waals surface area contributed by atoms with E-state index >= 15 is 0 Å². The first-order valence-electron chi connectivity index (χ1n) is 7.59. The molecule has 122 valence electrons. The zero-order valence-electron chi connectivity index (χ0n) is 13.1. The molecule has 3 aromatic carbocycles. The van der Waals surface area contributed by atoms with Crippen molar-refractivity contribution in [1.82, 2.24) is 0 Å². The van der Waals surface area contributed by atoms with Crippen LogP contribution in [-0.4, -0.2) is 23.8 Å². The first-order chi connectivity index (χ1) is 11.8. The van der Waals surface area contributed by atoms with Gasteiger partial charge in [-0.25, -0.2) is 0 Å². The summed E-state index contributed by atoms with van der Waals surface area (Å²) in [5, 5.41) is 18.5. The van der Waals surface area contributed by atoms with Gasteiger partial charge in [-0.3, -0.25) is 0 Å². The molecular weight excluding hydrogens is 304 g/mol. The number of benzene rings is 3. The van der Waals surface area contributed by atoms with Gasteiger partial charge in [-0.2, -0.15) is 0 Å². The molecular formula is C20H18O4. The molecule has 0 spiro atoms. The first kappa shape index (κ1) is 16.1. The average Bonchev–Trinajstić information content (AvgIpc) is 2.64. The van der Waals surface area contributed by atoms with Crippen LogP contribution in [0.15, 0.2) is 72.8 Å². The van der Waals surface area contributed by atoms with Crippen LogP contribution in [-0.2, 0) is 0 Å². The molecule has 0 fully saturated rings. The molecule has 0 heterocycles. The minimum Gasteiger partial charge on any atom is -0.467 e. The molecule has 3 aromatic rings. The van der Waals surface area contributed by atoms with Crippen LogP contribution >= 0.6 is 0 Å². The molecule has 0 aliphatic heterocycles. The molecule has 0 radical (unpaired) electrons. The minimum atomic E-state index is -0.422. The maximum Gasteiger partial charge on any atom is 0.186 e. The van der Waals surface area contributed by atoms with E-state index in [-0.39, 0.29) is 0 Å². The lowest BCUT2D eigenvalue weighted by atomic mass is 9.98. The van der Waals surface area contributed by atoms with E-state index < -0.39 is 13.6 Å². The third kappa shape index (κ3) is 3.40. The molecule has 3 rings (SSSR count). The van der Waals surface area contributed by atoms with Gasteiger partial charge >= 0.3 is 0 Å². The van der Waals surface area contributed by atoms with E-state index in [2.05, 4.69) is 0 Å². The smallest absolute Gasteiger partial charge is 0.186 e. The lowest BCUT2D eigenvalue weighted by molar-refractivity contribution is 0.0956. The predicted molar refractivity (Wildman–Crippen MR) is 92.7 cm³/mol. The van der Waals surface area contributed by atoms with Crippen molar-refractivity contribution >= 4 is 0 Å². The van der Waals surface area contributed by atoms with Crippen LogP contribution < -0.4 is 9.47 Å². The van der Waals surface area contributed by atoms with Crippen LogP contribution in [0.4, 0.5) is 0 Å². The van der Waals surface area contributed by atoms with Crippen molar-refractivity contribution in [3.8, 4) is 33.8 Å². The number of ether oxygens (including phenoxy) is 2. The second-order valence-electron chi connectivity index (χ2n) is 5.12. The average molecular weight is 322 g/mol. The highest BCUT2D eigenvalue weighted by molar-refractivity contribution is 5.81. The monoisotopic (exact) mass is 322 g/mol. The molecule has 0 atom stereocenters. The number of hydrogen-bond acceptors (Lipinski definition) is 4. The second kappa shape index (κ2) is 7.64. The molecule has 4 nitrogen and oxygen atoms in total. The van der Waals surface area contributed by atoms with Gasteiger partial charge in [-0.1, -0.05) is 60.7 Å². The molecule has 2 N–H and O–H groups in total. The summed E-state index contributed by atoms with van der Waals surface area (Å²) in [5.41, 5.74) is 3.44. The minimum absolute atomic E-state index is 0.422. The summed E-state index contributed by atoms with van der Waals surface area (Å²) in [4.78, 5) is 0. The van der Waals surface area contributed by atoms with Crippen molar-refractivity contribution in [3.63, 3.8) is 0 Å². The standard InChI is InChI=1S/C20H18O4/c21-13-23-19-12-18(16-9-5-2-6-10-16)20(24-14-22)11-17(19)15-7-3-1-4-8-15/h1-12,21-22H,13-14H2. The highest BCUT2D eigenvalue weighted by Gasteiger charge is 2.15. The Labute approximate surface area is 140 Å². The van der Waals surface area contributed by atoms with E-state index in [0.717, 1.165) is 22.3 Å². The Kier molecular flexibility index (Phi) is 5.11. The molecule has 0 unspecified atom stereocenters. The van der Waals surface area contributed by atoms with Gasteiger partial charge in [0.05, 0.1) is 0 Å². The summed E-state index contributed by atoms with van der Waals surface area (Å²) in [7, 11) is 0. The third-order valence-corrected chi connectivity index (χ3v) is 3.69. The van der Waals surface area contributed by atoms with Gasteiger partial charge in [-0.05, 0) is 23.3 Å². The first-order valence-corrected chi connectivity index (χ1v) is 7.59. The van der Waals surface area contributed by atoms with Gasteiger partial charge in [0.15, 0.2) is 13.6 Å². The molecule has 0 amide bonds. The number of rotatable bonds is 6. The second-order valence-corrected chi connectivity index (χ2v) is 5.12. The zero-order valence-corrected chi connectivity index (χ0v) is 13.1. The van der Waals surface area contributed by atoms with Crippen LogP contribution in [0, 0.1) is 0 Å². The quantitative estimate of drug-likeness (QED) is 0.680. The predicted octanol–water partition coefficient (Wildman–Crippen LogP) is 3.68. The Morgan fingerprint density at radius 1 is 0.583 bits per heavy atom. The fourth-order valence-electron chi connectivity index (χ4n) is 2.62. The molecule has 0 saturated heterocycles. The summed E-state index contributed by atoms with van der Waals surface area (Å²) in [6, 6.07) is 23.0. The van der Waals surface area contributed by atoms with Crippen molar-refractivity contribution in [2.24, 2.45) is 0 Å². The van der Waals surface area contributed by atoms with Crippen LogP contribution in [0.5, 0.6) is 11.5 Å². The Morgan fingerprint density at radius 3 is 1.29 bits per heavy atom. The molecule has 4 heteroatoms. The summed E-state index contributed by atoms with van der Waals surface area (Å²) >= 11 is 0. The number of aliphatic hydroxyl groups is 2. The lowest BCUT2D eigenvalue weighted by Gasteiger charge is -2.16. The van der Waals surface area contributed by atoms with Crippen LogP contribution in [0.25, 0.3) is 22.3 Å². The summed E-state index contributed by atoms with van der Waals surface area (Å²) in [5.74, 6) is 1.10. The molecule has 0 bridgehead atoms. The van der Waals surface area contributed by atoms with Gasteiger partial charge < -0.3 is 19.7 Å². The van der Waals surface area contributed by atoms with Crippen LogP contribution in [0.2, 0.25) is 0 Å². The van der Waals surface area contributed by atoms with Crippen molar-refractivity contribution in [2.45, 2.75) is 0 Å². The van der Waals surface area contributed by atoms with Gasteiger partial charge in [0.1, 0.15) is 11.5 Å². The van der Waals surface area contributed by atoms with Gasteiger partial charge in [0.2, 0.25) is 0 Å². The van der Waals surface area contributed by atoms with E-state index in [4.69, 9.17) is 9.47 Å². The summed E-state index contributed by atoms with van der Waals surface area (Å²) in [6.07, 6.45) is 0. The van der Waals surface area contributed by atoms with Crippen molar-refractivity contribution in [3.05, 3.63) is 72.8 Å². The highest BCUT2D eigenvalue weighted by atomic mass is 16.6. The summed E-state index contributed by atoms with van der Waals surface area (Å²) < 4.78 is 10.8. The Hall–Kier alpha value is -2.82. The fourth-order valence-corrected chi connectivity index (χ4v) is 2.62. The zero-order chi connectivity index (χ0) is 16.8. The van der Waals surface area contributed by atoms with Gasteiger partial charge in [-0.15, -0.1) is 0 Å². The van der Waals surface area contributed by atoms with E-state index in [9.17, 15) is 10.2 Å². The maximum atomic E-state index is 9.23. The largest absolute Gasteiger partial charge is 0.467 e. The van der Waals surface area contributed by atoms with Crippen molar-refractivity contribution in [2.75, 3.05) is 13.6 Å². The Bertz CT molecular complexity index is 716. The molecule has 24 heavy (non-hydrogen) atoms. The topological polar surface area (TPSA) is 58.9 Å². The Morgan fingerprint density at radius 2 is 0.958 bits per heavy atom. The van der Waals surface area contributed by atoms with Crippen LogP contribution in [0.3, 0.4) is 0 Å². The third-order valence-electron chi connectivity index (χ3n) is 3.69.